The van der Waals surface area contributed by atoms with Gasteiger partial charge in [-0.3, -0.25) is 4.79 Å². The number of ether oxygens (including phenoxy) is 4. The molecule has 2 heterocycles. The Hall–Kier alpha value is -3.16. The van der Waals surface area contributed by atoms with Gasteiger partial charge in [-0.05, 0) is 24.3 Å². The number of carbonyl (C=O) groups excluding carboxylic acids is 1. The summed E-state index contributed by atoms with van der Waals surface area (Å²) >= 11 is 0. The summed E-state index contributed by atoms with van der Waals surface area (Å²) in [6, 6.07) is 6.86. The highest BCUT2D eigenvalue weighted by molar-refractivity contribution is 5.94. The van der Waals surface area contributed by atoms with Gasteiger partial charge in [-0.25, -0.2) is 0 Å². The number of carbonyl (C=O) groups is 1. The summed E-state index contributed by atoms with van der Waals surface area (Å²) in [7, 11) is 4.54. The highest BCUT2D eigenvalue weighted by atomic mass is 16.6. The van der Waals surface area contributed by atoms with Crippen LogP contribution in [0.15, 0.2) is 40.0 Å². The maximum absolute atomic E-state index is 12.0. The maximum Gasteiger partial charge on any atom is 0.277 e. The molecule has 0 aliphatic carbocycles. The lowest BCUT2D eigenvalue weighted by Crippen LogP contribution is -2.25. The third-order valence-electron chi connectivity index (χ3n) is 3.70. The van der Waals surface area contributed by atoms with E-state index in [1.165, 1.54) is 39.5 Å². The molecule has 1 aliphatic heterocycles. The van der Waals surface area contributed by atoms with Gasteiger partial charge in [-0.2, -0.15) is 5.01 Å². The summed E-state index contributed by atoms with van der Waals surface area (Å²) in [5.74, 6) is 1.65. The van der Waals surface area contributed by atoms with Gasteiger partial charge in [0.05, 0.1) is 33.2 Å². The molecule has 132 valence electrons. The van der Waals surface area contributed by atoms with Crippen LogP contribution >= 0.6 is 0 Å². The highest BCUT2D eigenvalue weighted by Crippen LogP contribution is 2.45. The predicted molar refractivity (Wildman–Crippen MR) is 87.7 cm³/mol. The first-order chi connectivity index (χ1) is 12.1. The average molecular weight is 346 g/mol. The largest absolute Gasteiger partial charge is 0.493 e. The third-order valence-corrected chi connectivity index (χ3v) is 3.70. The smallest absolute Gasteiger partial charge is 0.277 e. The van der Waals surface area contributed by atoms with Gasteiger partial charge in [0.15, 0.2) is 17.3 Å². The first-order valence-corrected chi connectivity index (χ1v) is 7.48. The molecule has 0 N–H and O–H groups in total. The van der Waals surface area contributed by atoms with Gasteiger partial charge >= 0.3 is 0 Å². The van der Waals surface area contributed by atoms with E-state index in [0.717, 1.165) is 0 Å². The monoisotopic (exact) mass is 346 g/mol. The predicted octanol–water partition coefficient (Wildman–Crippen LogP) is 2.54. The Morgan fingerprint density at radius 3 is 2.44 bits per heavy atom. The van der Waals surface area contributed by atoms with Crippen LogP contribution in [0.2, 0.25) is 0 Å². The van der Waals surface area contributed by atoms with Crippen molar-refractivity contribution < 1.29 is 28.2 Å². The van der Waals surface area contributed by atoms with Crippen LogP contribution in [-0.2, 0) is 9.53 Å². The van der Waals surface area contributed by atoms with Gasteiger partial charge in [0.25, 0.3) is 5.90 Å². The zero-order chi connectivity index (χ0) is 18.0. The van der Waals surface area contributed by atoms with E-state index in [1.54, 1.807) is 24.3 Å². The molecular formula is C17H18N2O6. The summed E-state index contributed by atoms with van der Waals surface area (Å²) in [6.45, 7) is 1.40. The van der Waals surface area contributed by atoms with Crippen LogP contribution < -0.4 is 14.2 Å². The molecule has 1 aromatic heterocycles. The molecule has 0 unspecified atom stereocenters. The molecule has 0 radical (unpaired) electrons. The van der Waals surface area contributed by atoms with Crippen molar-refractivity contribution in [3.8, 4) is 17.2 Å². The summed E-state index contributed by atoms with van der Waals surface area (Å²) in [4.78, 5) is 12.0. The molecular weight excluding hydrogens is 328 g/mol. The highest BCUT2D eigenvalue weighted by Gasteiger charge is 2.37. The van der Waals surface area contributed by atoms with E-state index < -0.39 is 6.23 Å². The normalized spacial score (nSPS) is 16.2. The van der Waals surface area contributed by atoms with Crippen molar-refractivity contribution in [3.63, 3.8) is 0 Å². The molecule has 1 aromatic carbocycles. The summed E-state index contributed by atoms with van der Waals surface area (Å²) in [6.07, 6.45) is 0.691. The molecule has 1 amide bonds. The Morgan fingerprint density at radius 2 is 1.88 bits per heavy atom. The van der Waals surface area contributed by atoms with Crippen LogP contribution in [0.25, 0.3) is 0 Å². The zero-order valence-corrected chi connectivity index (χ0v) is 14.3. The summed E-state index contributed by atoms with van der Waals surface area (Å²) in [5.41, 5.74) is 0.570. The minimum absolute atomic E-state index is 0.210. The van der Waals surface area contributed by atoms with Crippen LogP contribution in [0.3, 0.4) is 0 Å². The van der Waals surface area contributed by atoms with Crippen LogP contribution in [0.5, 0.6) is 17.2 Å². The number of hydrazone groups is 1. The minimum Gasteiger partial charge on any atom is -0.493 e. The molecule has 3 rings (SSSR count). The Kier molecular flexibility index (Phi) is 4.51. The van der Waals surface area contributed by atoms with Crippen molar-refractivity contribution in [3.05, 3.63) is 41.9 Å². The fourth-order valence-electron chi connectivity index (χ4n) is 2.59. The fraction of sp³-hybridized carbons (Fsp3) is 0.294. The number of furan rings is 1. The first kappa shape index (κ1) is 16.7. The van der Waals surface area contributed by atoms with Crippen molar-refractivity contribution >= 4 is 11.8 Å². The van der Waals surface area contributed by atoms with Crippen molar-refractivity contribution in [1.82, 2.24) is 5.01 Å². The number of amides is 1. The van der Waals surface area contributed by atoms with Gasteiger partial charge < -0.3 is 23.4 Å². The Labute approximate surface area is 144 Å². The van der Waals surface area contributed by atoms with E-state index in [2.05, 4.69) is 5.10 Å². The zero-order valence-electron chi connectivity index (χ0n) is 14.3. The molecule has 25 heavy (non-hydrogen) atoms. The number of hydrogen-bond donors (Lipinski definition) is 0. The number of methoxy groups -OCH3 is 3. The van der Waals surface area contributed by atoms with Crippen molar-refractivity contribution in [2.75, 3.05) is 21.3 Å². The topological polar surface area (TPSA) is 82.7 Å². The van der Waals surface area contributed by atoms with Gasteiger partial charge in [0.2, 0.25) is 17.9 Å². The lowest BCUT2D eigenvalue weighted by Gasteiger charge is -2.23. The number of nitrogens with zero attached hydrogens (tertiary/aromatic N) is 2. The second kappa shape index (κ2) is 6.76. The Balaban J connectivity index is 2.05. The second-order valence-corrected chi connectivity index (χ2v) is 5.14. The molecule has 0 fully saturated rings. The molecule has 0 bridgehead atoms. The number of rotatable bonds is 5. The summed E-state index contributed by atoms with van der Waals surface area (Å²) < 4.78 is 27.3. The van der Waals surface area contributed by atoms with Crippen LogP contribution in [0.1, 0.15) is 24.5 Å². The Bertz CT molecular complexity index is 800. The van der Waals surface area contributed by atoms with Crippen molar-refractivity contribution in [2.24, 2.45) is 5.10 Å². The van der Waals surface area contributed by atoms with Crippen LogP contribution in [0.4, 0.5) is 0 Å². The Morgan fingerprint density at radius 1 is 1.12 bits per heavy atom. The minimum atomic E-state index is -0.813. The van der Waals surface area contributed by atoms with Crippen LogP contribution in [0, 0.1) is 0 Å². The standard InChI is InChI=1S/C17H18N2O6/c1-10(20)19-17(25-16(18-19)13-6-5-9-24-13)11-7-8-12(21-2)15(23-4)14(11)22-3/h5-9,17H,1-4H3/t17-/m0/s1. The van der Waals surface area contributed by atoms with E-state index in [0.29, 0.717) is 28.6 Å². The lowest BCUT2D eigenvalue weighted by molar-refractivity contribution is -0.135. The molecule has 0 saturated carbocycles. The fourth-order valence-corrected chi connectivity index (χ4v) is 2.59. The number of hydrogen-bond acceptors (Lipinski definition) is 7. The summed E-state index contributed by atoms with van der Waals surface area (Å²) in [5, 5.41) is 5.44. The van der Waals surface area contributed by atoms with Crippen LogP contribution in [-0.4, -0.2) is 38.1 Å². The van der Waals surface area contributed by atoms with Gasteiger partial charge in [0, 0.05) is 6.92 Å². The second-order valence-electron chi connectivity index (χ2n) is 5.14. The lowest BCUT2D eigenvalue weighted by atomic mass is 10.1. The van der Waals surface area contributed by atoms with Gasteiger partial charge in [-0.15, -0.1) is 5.10 Å². The molecule has 2 aromatic rings. The quantitative estimate of drug-likeness (QED) is 0.827. The SMILES string of the molecule is COc1ccc([C@@H]2OC(c3ccco3)=NN2C(C)=O)c(OC)c1OC. The van der Waals surface area contributed by atoms with Crippen molar-refractivity contribution in [1.29, 1.82) is 0 Å². The van der Waals surface area contributed by atoms with E-state index in [-0.39, 0.29) is 11.8 Å². The van der Waals surface area contributed by atoms with Gasteiger partial charge in [0.1, 0.15) is 0 Å². The maximum atomic E-state index is 12.0. The first-order valence-electron chi connectivity index (χ1n) is 7.48. The molecule has 1 aliphatic rings. The number of benzene rings is 1. The molecule has 1 atom stereocenters. The van der Waals surface area contributed by atoms with Crippen molar-refractivity contribution in [2.45, 2.75) is 13.2 Å². The molecule has 0 saturated heterocycles. The average Bonchev–Trinajstić information content (AvgIpc) is 3.29. The van der Waals surface area contributed by atoms with E-state index >= 15 is 0 Å². The van der Waals surface area contributed by atoms with Gasteiger partial charge in [-0.1, -0.05) is 0 Å². The molecule has 8 heteroatoms. The molecule has 8 nitrogen and oxygen atoms in total. The molecule has 0 spiro atoms. The van der Waals surface area contributed by atoms with E-state index in [9.17, 15) is 4.79 Å². The van der Waals surface area contributed by atoms with E-state index in [4.69, 9.17) is 23.4 Å². The third kappa shape index (κ3) is 2.86. The van der Waals surface area contributed by atoms with E-state index in [1.807, 2.05) is 0 Å².